The third-order valence-corrected chi connectivity index (χ3v) is 12.3. The first-order valence-electron chi connectivity index (χ1n) is 21.0. The molecule has 4 fully saturated rings. The summed E-state index contributed by atoms with van der Waals surface area (Å²) in [6.07, 6.45) is 18.4. The zero-order chi connectivity index (χ0) is 39.3. The minimum atomic E-state index is -0.431. The molecule has 0 saturated heterocycles. The smallest absolute Gasteiger partial charge is 0.128 e. The number of hydrogen-bond donors (Lipinski definition) is 4. The van der Waals surface area contributed by atoms with E-state index in [1.165, 1.54) is 36.0 Å². The van der Waals surface area contributed by atoms with Gasteiger partial charge in [0.05, 0.1) is 18.3 Å². The molecule has 56 heavy (non-hydrogen) atoms. The fourth-order valence-electron chi connectivity index (χ4n) is 9.10. The second kappa shape index (κ2) is 24.4. The largest absolute Gasteiger partial charge is 0.252 e. The molecule has 4 unspecified atom stereocenters. The first-order valence-corrected chi connectivity index (χ1v) is 21.0. The fourth-order valence-corrected chi connectivity index (χ4v) is 9.10. The highest BCUT2D eigenvalue weighted by Crippen LogP contribution is 2.40. The van der Waals surface area contributed by atoms with Crippen molar-refractivity contribution in [1.82, 2.24) is 0 Å². The number of hydrogen-bond acceptors (Lipinski definition) is 8. The van der Waals surface area contributed by atoms with Crippen molar-refractivity contribution in [3.8, 4) is 0 Å². The second-order valence-corrected chi connectivity index (χ2v) is 15.9. The van der Waals surface area contributed by atoms with E-state index in [-0.39, 0.29) is 18.3 Å². The van der Waals surface area contributed by atoms with Crippen LogP contribution in [0, 0.1) is 0 Å². The van der Waals surface area contributed by atoms with Crippen molar-refractivity contribution in [3.05, 3.63) is 144 Å². The Bertz CT molecular complexity index is 1560. The van der Waals surface area contributed by atoms with Crippen LogP contribution >= 0.6 is 0 Å². The quantitative estimate of drug-likeness (QED) is 0.103. The van der Waals surface area contributed by atoms with Crippen LogP contribution in [-0.4, -0.2) is 39.3 Å². The van der Waals surface area contributed by atoms with Gasteiger partial charge >= 0.3 is 0 Å². The minimum Gasteiger partial charge on any atom is -0.252 e. The summed E-state index contributed by atoms with van der Waals surface area (Å²) in [5, 5.41) is 35.1. The molecule has 4 atom stereocenters. The van der Waals surface area contributed by atoms with Gasteiger partial charge in [0.2, 0.25) is 0 Å². The third kappa shape index (κ3) is 13.3. The molecule has 4 aliphatic carbocycles. The van der Waals surface area contributed by atoms with Crippen LogP contribution in [0.15, 0.2) is 121 Å². The Balaban J connectivity index is 0.000000143. The van der Waals surface area contributed by atoms with Crippen LogP contribution in [0.4, 0.5) is 0 Å². The Morgan fingerprint density at radius 2 is 0.929 bits per heavy atom. The van der Waals surface area contributed by atoms with E-state index in [1.807, 2.05) is 60.7 Å². The Hall–Kier alpha value is -3.44. The predicted octanol–water partition coefficient (Wildman–Crippen LogP) is 12.9. The van der Waals surface area contributed by atoms with E-state index in [2.05, 4.69) is 75.3 Å². The van der Waals surface area contributed by atoms with Crippen LogP contribution < -0.4 is 0 Å². The van der Waals surface area contributed by atoms with E-state index in [4.69, 9.17) is 25.9 Å². The van der Waals surface area contributed by atoms with Gasteiger partial charge in [-0.05, 0) is 105 Å². The van der Waals surface area contributed by atoms with Gasteiger partial charge in [-0.1, -0.05) is 160 Å². The van der Waals surface area contributed by atoms with Crippen LogP contribution in [0.5, 0.6) is 0 Å². The van der Waals surface area contributed by atoms with E-state index in [0.29, 0.717) is 17.8 Å². The van der Waals surface area contributed by atoms with E-state index in [1.54, 1.807) is 0 Å². The first kappa shape index (κ1) is 43.7. The van der Waals surface area contributed by atoms with Gasteiger partial charge < -0.3 is 0 Å². The predicted molar refractivity (Wildman–Crippen MR) is 220 cm³/mol. The molecule has 0 radical (unpaired) electrons. The number of rotatable bonds is 8. The lowest BCUT2D eigenvalue weighted by atomic mass is 9.80. The van der Waals surface area contributed by atoms with Gasteiger partial charge in [-0.15, -0.1) is 0 Å². The van der Waals surface area contributed by atoms with Crippen LogP contribution in [-0.2, 0) is 25.2 Å². The van der Waals surface area contributed by atoms with Crippen molar-refractivity contribution in [2.75, 3.05) is 0 Å². The SMILES string of the molecule is OOC1(c2ccccc2)CCCCC1.OOC1CCC(c2ccccc2)CC1.OOC1CCCC(c2ccccc2)C1.OOC1CCCCC1c1ccccc1. The van der Waals surface area contributed by atoms with Gasteiger partial charge in [0, 0.05) is 5.92 Å². The molecule has 4 saturated carbocycles. The summed E-state index contributed by atoms with van der Waals surface area (Å²) in [7, 11) is 0. The highest BCUT2D eigenvalue weighted by atomic mass is 17.1. The molecular formula is C48H64O8. The molecule has 0 aromatic heterocycles. The van der Waals surface area contributed by atoms with E-state index < -0.39 is 5.60 Å². The average Bonchev–Trinajstić information content (AvgIpc) is 3.31. The summed E-state index contributed by atoms with van der Waals surface area (Å²) < 4.78 is 0. The summed E-state index contributed by atoms with van der Waals surface area (Å²) in [4.78, 5) is 18.1. The Morgan fingerprint density at radius 3 is 1.46 bits per heavy atom. The first-order chi connectivity index (χ1) is 27.6. The lowest BCUT2D eigenvalue weighted by Gasteiger charge is -2.34. The molecule has 8 heteroatoms. The van der Waals surface area contributed by atoms with Gasteiger partial charge in [0.25, 0.3) is 0 Å². The van der Waals surface area contributed by atoms with Crippen LogP contribution in [0.2, 0.25) is 0 Å². The summed E-state index contributed by atoms with van der Waals surface area (Å²) in [5.41, 5.74) is 4.74. The van der Waals surface area contributed by atoms with Gasteiger partial charge in [0.1, 0.15) is 5.60 Å². The molecule has 8 rings (SSSR count). The van der Waals surface area contributed by atoms with Gasteiger partial charge in [-0.3, -0.25) is 21.0 Å². The van der Waals surface area contributed by atoms with Gasteiger partial charge in [-0.25, -0.2) is 19.6 Å². The maximum Gasteiger partial charge on any atom is 0.128 e. The molecule has 0 aliphatic heterocycles. The Kier molecular flexibility index (Phi) is 19.0. The van der Waals surface area contributed by atoms with Crippen molar-refractivity contribution in [3.63, 3.8) is 0 Å². The average molecular weight is 769 g/mol. The zero-order valence-electron chi connectivity index (χ0n) is 33.0. The topological polar surface area (TPSA) is 118 Å². The van der Waals surface area contributed by atoms with E-state index in [9.17, 15) is 0 Å². The molecule has 4 aromatic carbocycles. The fraction of sp³-hybridized carbons (Fsp3) is 0.500. The summed E-state index contributed by atoms with van der Waals surface area (Å²) >= 11 is 0. The zero-order valence-corrected chi connectivity index (χ0v) is 33.0. The summed E-state index contributed by atoms with van der Waals surface area (Å²) in [6.45, 7) is 0. The summed E-state index contributed by atoms with van der Waals surface area (Å²) in [6, 6.07) is 41.4. The lowest BCUT2D eigenvalue weighted by Crippen LogP contribution is -2.31. The van der Waals surface area contributed by atoms with Crippen LogP contribution in [0.25, 0.3) is 0 Å². The summed E-state index contributed by atoms with van der Waals surface area (Å²) in [5.74, 6) is 1.58. The van der Waals surface area contributed by atoms with Crippen molar-refractivity contribution < 1.29 is 40.6 Å². The molecule has 304 valence electrons. The lowest BCUT2D eigenvalue weighted by molar-refractivity contribution is -0.337. The van der Waals surface area contributed by atoms with Crippen molar-refractivity contribution >= 4 is 0 Å². The Labute approximate surface area is 334 Å². The molecule has 0 spiro atoms. The van der Waals surface area contributed by atoms with E-state index >= 15 is 0 Å². The molecule has 4 N–H and O–H groups in total. The van der Waals surface area contributed by atoms with Crippen molar-refractivity contribution in [1.29, 1.82) is 0 Å². The monoisotopic (exact) mass is 768 g/mol. The second-order valence-electron chi connectivity index (χ2n) is 15.9. The minimum absolute atomic E-state index is 0.00819. The normalized spacial score (nSPS) is 25.8. The third-order valence-electron chi connectivity index (χ3n) is 12.3. The van der Waals surface area contributed by atoms with Crippen LogP contribution in [0.1, 0.15) is 149 Å². The number of benzene rings is 4. The van der Waals surface area contributed by atoms with Crippen molar-refractivity contribution in [2.45, 2.75) is 151 Å². The van der Waals surface area contributed by atoms with Crippen molar-refractivity contribution in [2.24, 2.45) is 0 Å². The van der Waals surface area contributed by atoms with Gasteiger partial charge in [-0.2, -0.15) is 0 Å². The standard InChI is InChI=1S/4C12H16O2/c13-14-12(9-5-2-6-10-12)11-7-3-1-4-8-11;13-14-12-9-5-4-8-11(12)10-6-2-1-3-7-10;13-14-12-8-4-7-11(9-12)10-5-2-1-3-6-10;13-14-12-8-6-11(7-9-12)10-4-2-1-3-5-10/h1,3-4,7-8,13H,2,5-6,9-10H2;1-3,6-7,11-13H,4-5,8-9H2;1-3,5-6,11-13H,4,7-9H2;1-5,11-13H,6-9H2. The Morgan fingerprint density at radius 1 is 0.411 bits per heavy atom. The molecule has 0 heterocycles. The maximum atomic E-state index is 9.09. The highest BCUT2D eigenvalue weighted by molar-refractivity contribution is 5.24. The molecular weight excluding hydrogens is 705 g/mol. The van der Waals surface area contributed by atoms with E-state index in [0.717, 1.165) is 95.5 Å². The van der Waals surface area contributed by atoms with Gasteiger partial charge in [0.15, 0.2) is 0 Å². The highest BCUT2D eigenvalue weighted by Gasteiger charge is 2.35. The molecule has 4 aliphatic rings. The maximum absolute atomic E-state index is 9.09. The molecule has 4 aromatic rings. The molecule has 8 nitrogen and oxygen atoms in total. The molecule has 0 bridgehead atoms. The van der Waals surface area contributed by atoms with Crippen LogP contribution in [0.3, 0.4) is 0 Å². The molecule has 0 amide bonds.